The summed E-state index contributed by atoms with van der Waals surface area (Å²) in [6.07, 6.45) is 0.634. The fourth-order valence-corrected chi connectivity index (χ4v) is 1.52. The number of pyridine rings is 1. The van der Waals surface area contributed by atoms with Crippen molar-refractivity contribution in [2.24, 2.45) is 0 Å². The molecule has 0 aliphatic rings. The Hall–Kier alpha value is -2.23. The maximum atomic E-state index is 11.3. The van der Waals surface area contributed by atoms with Gasteiger partial charge in [0.15, 0.2) is 6.29 Å². The summed E-state index contributed by atoms with van der Waals surface area (Å²) >= 11 is 0. The Labute approximate surface area is 91.9 Å². The van der Waals surface area contributed by atoms with Crippen LogP contribution in [0.15, 0.2) is 30.3 Å². The minimum absolute atomic E-state index is 0.142. The first-order valence-corrected chi connectivity index (χ1v) is 4.69. The van der Waals surface area contributed by atoms with E-state index in [1.807, 2.05) is 18.2 Å². The lowest BCUT2D eigenvalue weighted by Crippen LogP contribution is -2.06. The lowest BCUT2D eigenvalue weighted by Gasteiger charge is -2.03. The SMILES string of the molecule is COC(=O)c1cc2ccccc2c(C=O)n1. The predicted octanol–water partition coefficient (Wildman–Crippen LogP) is 1.83. The molecule has 0 saturated heterocycles. The summed E-state index contributed by atoms with van der Waals surface area (Å²) in [6, 6.07) is 8.85. The third kappa shape index (κ3) is 1.65. The number of aromatic nitrogens is 1. The smallest absolute Gasteiger partial charge is 0.356 e. The van der Waals surface area contributed by atoms with Crippen molar-refractivity contribution < 1.29 is 14.3 Å². The lowest BCUT2D eigenvalue weighted by molar-refractivity contribution is 0.0594. The molecule has 0 N–H and O–H groups in total. The van der Waals surface area contributed by atoms with E-state index in [1.165, 1.54) is 7.11 Å². The van der Waals surface area contributed by atoms with Gasteiger partial charge in [0.1, 0.15) is 11.4 Å². The van der Waals surface area contributed by atoms with Crippen molar-refractivity contribution in [1.82, 2.24) is 4.98 Å². The quantitative estimate of drug-likeness (QED) is 0.566. The number of rotatable bonds is 2. The van der Waals surface area contributed by atoms with Crippen molar-refractivity contribution in [1.29, 1.82) is 0 Å². The molecule has 4 heteroatoms. The number of hydrogen-bond acceptors (Lipinski definition) is 4. The van der Waals surface area contributed by atoms with Gasteiger partial charge in [-0.15, -0.1) is 0 Å². The van der Waals surface area contributed by atoms with Gasteiger partial charge in [0.2, 0.25) is 0 Å². The zero-order valence-corrected chi connectivity index (χ0v) is 8.64. The van der Waals surface area contributed by atoms with E-state index < -0.39 is 5.97 Å². The number of nitrogens with zero attached hydrogens (tertiary/aromatic N) is 1. The third-order valence-electron chi connectivity index (χ3n) is 2.28. The van der Waals surface area contributed by atoms with E-state index >= 15 is 0 Å². The largest absolute Gasteiger partial charge is 0.464 e. The van der Waals surface area contributed by atoms with E-state index in [1.54, 1.807) is 12.1 Å². The first-order valence-electron chi connectivity index (χ1n) is 4.69. The fraction of sp³-hybridized carbons (Fsp3) is 0.0833. The summed E-state index contributed by atoms with van der Waals surface area (Å²) in [6.45, 7) is 0. The average Bonchev–Trinajstić information content (AvgIpc) is 2.36. The van der Waals surface area contributed by atoms with Crippen LogP contribution in [0.4, 0.5) is 0 Å². The first-order chi connectivity index (χ1) is 7.76. The normalized spacial score (nSPS) is 10.1. The van der Waals surface area contributed by atoms with Crippen LogP contribution in [0.25, 0.3) is 10.8 Å². The Bertz CT molecular complexity index is 563. The maximum absolute atomic E-state index is 11.3. The molecule has 1 heterocycles. The highest BCUT2D eigenvalue weighted by Gasteiger charge is 2.11. The summed E-state index contributed by atoms with van der Waals surface area (Å²) in [4.78, 5) is 26.1. The second kappa shape index (κ2) is 4.10. The second-order valence-corrected chi connectivity index (χ2v) is 3.22. The van der Waals surface area contributed by atoms with Gasteiger partial charge >= 0.3 is 5.97 Å². The van der Waals surface area contributed by atoms with Gasteiger partial charge in [-0.2, -0.15) is 0 Å². The number of methoxy groups -OCH3 is 1. The van der Waals surface area contributed by atoms with Crippen LogP contribution < -0.4 is 0 Å². The van der Waals surface area contributed by atoms with E-state index in [0.29, 0.717) is 6.29 Å². The summed E-state index contributed by atoms with van der Waals surface area (Å²) in [5.41, 5.74) is 0.391. The van der Waals surface area contributed by atoms with Crippen LogP contribution in [0.2, 0.25) is 0 Å². The second-order valence-electron chi connectivity index (χ2n) is 3.22. The number of esters is 1. The van der Waals surface area contributed by atoms with Gasteiger partial charge in [-0.05, 0) is 11.5 Å². The van der Waals surface area contributed by atoms with Gasteiger partial charge in [-0.3, -0.25) is 4.79 Å². The predicted molar refractivity (Wildman–Crippen MR) is 58.5 cm³/mol. The lowest BCUT2D eigenvalue weighted by atomic mass is 10.1. The molecule has 0 fully saturated rings. The number of carbonyl (C=O) groups excluding carboxylic acids is 2. The van der Waals surface area contributed by atoms with Gasteiger partial charge in [0.25, 0.3) is 0 Å². The number of carbonyl (C=O) groups is 2. The Balaban J connectivity index is 2.72. The minimum atomic E-state index is -0.547. The van der Waals surface area contributed by atoms with E-state index in [9.17, 15) is 9.59 Å². The number of hydrogen-bond donors (Lipinski definition) is 0. The summed E-state index contributed by atoms with van der Waals surface area (Å²) in [7, 11) is 1.28. The number of ether oxygens (including phenoxy) is 1. The standard InChI is InChI=1S/C12H9NO3/c1-16-12(15)10-6-8-4-2-3-5-9(8)11(7-14)13-10/h2-7H,1H3. The third-order valence-corrected chi connectivity index (χ3v) is 2.28. The van der Waals surface area contributed by atoms with Crippen LogP contribution in [0, 0.1) is 0 Å². The molecule has 0 spiro atoms. The van der Waals surface area contributed by atoms with E-state index in [4.69, 9.17) is 0 Å². The summed E-state index contributed by atoms with van der Waals surface area (Å²) in [5.74, 6) is -0.547. The highest BCUT2D eigenvalue weighted by atomic mass is 16.5. The zero-order chi connectivity index (χ0) is 11.5. The summed E-state index contributed by atoms with van der Waals surface area (Å²) < 4.78 is 4.57. The zero-order valence-electron chi connectivity index (χ0n) is 8.64. The van der Waals surface area contributed by atoms with E-state index in [2.05, 4.69) is 9.72 Å². The topological polar surface area (TPSA) is 56.3 Å². The van der Waals surface area contributed by atoms with Crippen LogP contribution in [-0.2, 0) is 4.74 Å². The van der Waals surface area contributed by atoms with Gasteiger partial charge in [0, 0.05) is 5.39 Å². The summed E-state index contributed by atoms with van der Waals surface area (Å²) in [5, 5.41) is 1.52. The molecule has 0 radical (unpaired) electrons. The highest BCUT2D eigenvalue weighted by molar-refractivity contribution is 6.00. The molecular formula is C12H9NO3. The molecule has 2 aromatic rings. The minimum Gasteiger partial charge on any atom is -0.464 e. The van der Waals surface area contributed by atoms with Crippen molar-refractivity contribution >= 4 is 23.0 Å². The molecule has 80 valence electrons. The van der Waals surface area contributed by atoms with Gasteiger partial charge < -0.3 is 4.74 Å². The average molecular weight is 215 g/mol. The number of fused-ring (bicyclic) bond motifs is 1. The molecule has 4 nitrogen and oxygen atoms in total. The highest BCUT2D eigenvalue weighted by Crippen LogP contribution is 2.17. The molecule has 0 aliphatic carbocycles. The molecule has 0 unspecified atom stereocenters. The monoisotopic (exact) mass is 215 g/mol. The molecule has 0 saturated carbocycles. The van der Waals surface area contributed by atoms with Crippen molar-refractivity contribution in [2.75, 3.05) is 7.11 Å². The van der Waals surface area contributed by atoms with Gasteiger partial charge in [-0.25, -0.2) is 9.78 Å². The van der Waals surface area contributed by atoms with Crippen molar-refractivity contribution in [2.45, 2.75) is 0 Å². The van der Waals surface area contributed by atoms with Gasteiger partial charge in [-0.1, -0.05) is 24.3 Å². The number of benzene rings is 1. The van der Waals surface area contributed by atoms with Crippen LogP contribution in [0.5, 0.6) is 0 Å². The van der Waals surface area contributed by atoms with Crippen LogP contribution in [-0.4, -0.2) is 24.3 Å². The first kappa shape index (κ1) is 10.3. The molecule has 0 aliphatic heterocycles. The maximum Gasteiger partial charge on any atom is 0.356 e. The Morgan fingerprint density at radius 1 is 1.38 bits per heavy atom. The molecule has 16 heavy (non-hydrogen) atoms. The van der Waals surface area contributed by atoms with Crippen LogP contribution in [0.1, 0.15) is 21.0 Å². The van der Waals surface area contributed by atoms with Crippen molar-refractivity contribution in [3.63, 3.8) is 0 Å². The molecule has 0 amide bonds. The van der Waals surface area contributed by atoms with E-state index in [-0.39, 0.29) is 11.4 Å². The van der Waals surface area contributed by atoms with Crippen LogP contribution in [0.3, 0.4) is 0 Å². The van der Waals surface area contributed by atoms with Gasteiger partial charge in [0.05, 0.1) is 7.11 Å². The molecule has 1 aromatic heterocycles. The molecule has 2 rings (SSSR count). The molecule has 1 aromatic carbocycles. The Morgan fingerprint density at radius 2 is 2.12 bits per heavy atom. The molecule has 0 atom stereocenters. The Kier molecular flexibility index (Phi) is 2.64. The molecular weight excluding hydrogens is 206 g/mol. The van der Waals surface area contributed by atoms with E-state index in [0.717, 1.165) is 10.8 Å². The molecule has 0 bridgehead atoms. The number of aldehydes is 1. The fourth-order valence-electron chi connectivity index (χ4n) is 1.52. The van der Waals surface area contributed by atoms with Crippen LogP contribution >= 0.6 is 0 Å². The van der Waals surface area contributed by atoms with Crippen molar-refractivity contribution in [3.8, 4) is 0 Å². The Morgan fingerprint density at radius 3 is 2.81 bits per heavy atom. The van der Waals surface area contributed by atoms with Crippen molar-refractivity contribution in [3.05, 3.63) is 41.7 Å².